The van der Waals surface area contributed by atoms with E-state index >= 15 is 0 Å². The molecule has 1 N–H and O–H groups in total. The fourth-order valence-electron chi connectivity index (χ4n) is 2.40. The van der Waals surface area contributed by atoms with Crippen LogP contribution < -0.4 is 0 Å². The van der Waals surface area contributed by atoms with Gasteiger partial charge in [0.25, 0.3) is 0 Å². The van der Waals surface area contributed by atoms with Crippen LogP contribution in [0.25, 0.3) is 0 Å². The van der Waals surface area contributed by atoms with E-state index < -0.39 is 0 Å². The van der Waals surface area contributed by atoms with Crippen LogP contribution in [0.2, 0.25) is 10.0 Å². The molecular formula is C14H17Cl2NO2. The maximum Gasteiger partial charge on any atom is 0.227 e. The molecule has 1 heterocycles. The Hall–Kier alpha value is -0.770. The Morgan fingerprint density at radius 1 is 1.37 bits per heavy atom. The van der Waals surface area contributed by atoms with Gasteiger partial charge in [0.1, 0.15) is 0 Å². The number of carbonyl (C=O) groups is 1. The lowest BCUT2D eigenvalue weighted by molar-refractivity contribution is -0.132. The summed E-state index contributed by atoms with van der Waals surface area (Å²) < 4.78 is 0. The predicted octanol–water partition coefficient (Wildman–Crippen LogP) is 2.77. The highest BCUT2D eigenvalue weighted by molar-refractivity contribution is 6.36. The lowest BCUT2D eigenvalue weighted by Crippen LogP contribution is -2.41. The quantitative estimate of drug-likeness (QED) is 0.932. The molecule has 1 unspecified atom stereocenters. The lowest BCUT2D eigenvalue weighted by Gasteiger charge is -2.32. The highest BCUT2D eigenvalue weighted by Gasteiger charge is 2.24. The molecule has 0 aromatic heterocycles. The summed E-state index contributed by atoms with van der Waals surface area (Å²) in [6, 6.07) is 5.24. The Bertz CT molecular complexity index is 445. The number of aliphatic hydroxyl groups excluding tert-OH is 1. The first kappa shape index (κ1) is 14.6. The van der Waals surface area contributed by atoms with Gasteiger partial charge in [0.15, 0.2) is 0 Å². The maximum absolute atomic E-state index is 12.3. The van der Waals surface area contributed by atoms with Crippen molar-refractivity contribution in [2.45, 2.75) is 19.3 Å². The third-order valence-electron chi connectivity index (χ3n) is 3.52. The summed E-state index contributed by atoms with van der Waals surface area (Å²) in [6.45, 7) is 1.51. The number of likely N-dealkylation sites (tertiary alicyclic amines) is 1. The van der Waals surface area contributed by atoms with E-state index in [4.69, 9.17) is 23.2 Å². The van der Waals surface area contributed by atoms with Crippen molar-refractivity contribution in [1.29, 1.82) is 0 Å². The lowest BCUT2D eigenvalue weighted by atomic mass is 9.98. The van der Waals surface area contributed by atoms with Crippen LogP contribution in [-0.4, -0.2) is 35.6 Å². The number of halogens is 2. The molecular weight excluding hydrogens is 285 g/mol. The molecule has 3 nitrogen and oxygen atoms in total. The zero-order chi connectivity index (χ0) is 13.8. The summed E-state index contributed by atoms with van der Waals surface area (Å²) >= 11 is 12.1. The van der Waals surface area contributed by atoms with Gasteiger partial charge >= 0.3 is 0 Å². The number of benzene rings is 1. The SMILES string of the molecule is O=C(Cc1c(Cl)cccc1Cl)N1CCCC(CO)C1. The summed E-state index contributed by atoms with van der Waals surface area (Å²) in [7, 11) is 0. The van der Waals surface area contributed by atoms with Crippen molar-refractivity contribution < 1.29 is 9.90 Å². The number of piperidine rings is 1. The average molecular weight is 302 g/mol. The molecule has 1 saturated heterocycles. The van der Waals surface area contributed by atoms with E-state index in [2.05, 4.69) is 0 Å². The van der Waals surface area contributed by atoms with Crippen molar-refractivity contribution in [3.05, 3.63) is 33.8 Å². The van der Waals surface area contributed by atoms with Gasteiger partial charge in [-0.3, -0.25) is 4.79 Å². The molecule has 0 aliphatic carbocycles. The van der Waals surface area contributed by atoms with Crippen LogP contribution in [0.5, 0.6) is 0 Å². The summed E-state index contributed by atoms with van der Waals surface area (Å²) in [5.41, 5.74) is 0.682. The molecule has 1 atom stereocenters. The van der Waals surface area contributed by atoms with Crippen LogP contribution in [-0.2, 0) is 11.2 Å². The van der Waals surface area contributed by atoms with E-state index in [-0.39, 0.29) is 24.9 Å². The first-order valence-corrected chi connectivity index (χ1v) is 7.19. The van der Waals surface area contributed by atoms with Crippen molar-refractivity contribution in [2.24, 2.45) is 5.92 Å². The molecule has 0 radical (unpaired) electrons. The number of hydrogen-bond donors (Lipinski definition) is 1. The van der Waals surface area contributed by atoms with Crippen LogP contribution in [0, 0.1) is 5.92 Å². The molecule has 2 rings (SSSR count). The van der Waals surface area contributed by atoms with Crippen LogP contribution in [0.4, 0.5) is 0 Å². The van der Waals surface area contributed by atoms with Gasteiger partial charge in [0, 0.05) is 29.7 Å². The normalized spacial score (nSPS) is 19.5. The van der Waals surface area contributed by atoms with Crippen LogP contribution >= 0.6 is 23.2 Å². The van der Waals surface area contributed by atoms with E-state index in [0.29, 0.717) is 22.2 Å². The zero-order valence-corrected chi connectivity index (χ0v) is 12.1. The molecule has 1 aromatic rings. The summed E-state index contributed by atoms with van der Waals surface area (Å²) in [5, 5.41) is 10.2. The third-order valence-corrected chi connectivity index (χ3v) is 4.23. The van der Waals surface area contributed by atoms with Crippen molar-refractivity contribution >= 4 is 29.1 Å². The minimum Gasteiger partial charge on any atom is -0.396 e. The molecule has 0 saturated carbocycles. The highest BCUT2D eigenvalue weighted by atomic mass is 35.5. The number of rotatable bonds is 3. The maximum atomic E-state index is 12.3. The second kappa shape index (κ2) is 6.60. The third kappa shape index (κ3) is 3.62. The topological polar surface area (TPSA) is 40.5 Å². The second-order valence-electron chi connectivity index (χ2n) is 4.91. The number of amides is 1. The van der Waals surface area contributed by atoms with Crippen molar-refractivity contribution in [3.8, 4) is 0 Å². The van der Waals surface area contributed by atoms with E-state index in [1.54, 1.807) is 23.1 Å². The number of hydrogen-bond acceptors (Lipinski definition) is 2. The standard InChI is InChI=1S/C14H17Cl2NO2/c15-12-4-1-5-13(16)11(12)7-14(19)17-6-2-3-10(8-17)9-18/h1,4-5,10,18H,2-3,6-9H2. The van der Waals surface area contributed by atoms with Gasteiger partial charge in [-0.05, 0) is 36.5 Å². The molecule has 1 amide bonds. The van der Waals surface area contributed by atoms with Crippen molar-refractivity contribution in [3.63, 3.8) is 0 Å². The second-order valence-corrected chi connectivity index (χ2v) is 5.72. The molecule has 5 heteroatoms. The van der Waals surface area contributed by atoms with Gasteiger partial charge < -0.3 is 10.0 Å². The van der Waals surface area contributed by atoms with Gasteiger partial charge in [-0.1, -0.05) is 29.3 Å². The Balaban J connectivity index is 2.04. The number of carbonyl (C=O) groups excluding carboxylic acids is 1. The van der Waals surface area contributed by atoms with Crippen molar-refractivity contribution in [2.75, 3.05) is 19.7 Å². The summed E-state index contributed by atoms with van der Waals surface area (Å²) in [5.74, 6) is 0.215. The fraction of sp³-hybridized carbons (Fsp3) is 0.500. The minimum atomic E-state index is 0.0214. The van der Waals surface area contributed by atoms with Gasteiger partial charge in [0.2, 0.25) is 5.91 Å². The zero-order valence-electron chi connectivity index (χ0n) is 10.6. The van der Waals surface area contributed by atoms with Gasteiger partial charge in [-0.25, -0.2) is 0 Å². The summed E-state index contributed by atoms with van der Waals surface area (Å²) in [6.07, 6.45) is 2.14. The van der Waals surface area contributed by atoms with E-state index in [0.717, 1.165) is 19.4 Å². The Labute approximate surface area is 123 Å². The van der Waals surface area contributed by atoms with Gasteiger partial charge in [0.05, 0.1) is 6.42 Å². The fourth-order valence-corrected chi connectivity index (χ4v) is 2.94. The Morgan fingerprint density at radius 2 is 2.05 bits per heavy atom. The predicted molar refractivity (Wildman–Crippen MR) is 76.6 cm³/mol. The summed E-state index contributed by atoms with van der Waals surface area (Å²) in [4.78, 5) is 14.1. The molecule has 1 fully saturated rings. The van der Waals surface area contributed by atoms with Crippen LogP contribution in [0.1, 0.15) is 18.4 Å². The van der Waals surface area contributed by atoms with Gasteiger partial charge in [-0.2, -0.15) is 0 Å². The van der Waals surface area contributed by atoms with E-state index in [9.17, 15) is 9.90 Å². The Morgan fingerprint density at radius 3 is 2.68 bits per heavy atom. The smallest absolute Gasteiger partial charge is 0.227 e. The molecule has 104 valence electrons. The molecule has 0 bridgehead atoms. The monoisotopic (exact) mass is 301 g/mol. The Kier molecular flexibility index (Phi) is 5.08. The van der Waals surface area contributed by atoms with Crippen molar-refractivity contribution in [1.82, 2.24) is 4.90 Å². The molecule has 19 heavy (non-hydrogen) atoms. The first-order chi connectivity index (χ1) is 9.11. The first-order valence-electron chi connectivity index (χ1n) is 6.43. The molecule has 1 aromatic carbocycles. The van der Waals surface area contributed by atoms with E-state index in [1.807, 2.05) is 0 Å². The van der Waals surface area contributed by atoms with Gasteiger partial charge in [-0.15, -0.1) is 0 Å². The highest BCUT2D eigenvalue weighted by Crippen LogP contribution is 2.26. The number of nitrogens with zero attached hydrogens (tertiary/aromatic N) is 1. The largest absolute Gasteiger partial charge is 0.396 e. The van der Waals surface area contributed by atoms with E-state index in [1.165, 1.54) is 0 Å². The average Bonchev–Trinajstić information content (AvgIpc) is 2.43. The molecule has 1 aliphatic heterocycles. The minimum absolute atomic E-state index is 0.0214. The number of aliphatic hydroxyl groups is 1. The molecule has 0 spiro atoms. The molecule has 1 aliphatic rings. The van der Waals surface area contributed by atoms with Crippen LogP contribution in [0.15, 0.2) is 18.2 Å². The van der Waals surface area contributed by atoms with Crippen LogP contribution in [0.3, 0.4) is 0 Å².